The second-order valence-electron chi connectivity index (χ2n) is 8.75. The first-order chi connectivity index (χ1) is 15.9. The van der Waals surface area contributed by atoms with Crippen molar-refractivity contribution in [2.75, 3.05) is 0 Å². The molecule has 0 radical (unpaired) electrons. The van der Waals surface area contributed by atoms with Crippen molar-refractivity contribution in [3.63, 3.8) is 0 Å². The number of rotatable bonds is 4. The molecule has 5 nitrogen and oxygen atoms in total. The molecule has 0 aliphatic heterocycles. The average molecular weight is 489 g/mol. The molecule has 0 spiro atoms. The molecule has 0 aliphatic rings. The first kappa shape index (κ1) is 23.6. The molecule has 0 bridgehead atoms. The number of hydrogen-bond acceptors (Lipinski definition) is 3. The molecule has 0 saturated carbocycles. The van der Waals surface area contributed by atoms with Gasteiger partial charge >= 0.3 is 12.1 Å². The molecule has 4 aromatic rings. The van der Waals surface area contributed by atoms with E-state index in [0.717, 1.165) is 17.7 Å². The van der Waals surface area contributed by atoms with Crippen LogP contribution in [0.2, 0.25) is 5.15 Å². The van der Waals surface area contributed by atoms with Gasteiger partial charge in [0.15, 0.2) is 17.1 Å². The molecule has 4 rings (SSSR count). The van der Waals surface area contributed by atoms with Gasteiger partial charge in [0, 0.05) is 5.69 Å². The van der Waals surface area contributed by atoms with Crippen LogP contribution in [-0.2, 0) is 11.6 Å². The SMILES string of the molecule is CC(C)(C)c1ccc(-n2c(C(=O)O)c(Oc3cccc(C(F)(F)F)c3)c3ccc(Cl)nc32)cc1. The third-order valence-corrected chi connectivity index (χ3v) is 5.52. The summed E-state index contributed by atoms with van der Waals surface area (Å²) in [5, 5.41) is 10.5. The highest BCUT2D eigenvalue weighted by Gasteiger charge is 2.31. The zero-order valence-electron chi connectivity index (χ0n) is 18.4. The van der Waals surface area contributed by atoms with Gasteiger partial charge in [-0.1, -0.05) is 50.6 Å². The predicted octanol–water partition coefficient (Wildman–Crippen LogP) is 7.49. The van der Waals surface area contributed by atoms with Gasteiger partial charge in [0.2, 0.25) is 0 Å². The normalized spacial score (nSPS) is 12.2. The Balaban J connectivity index is 1.94. The summed E-state index contributed by atoms with van der Waals surface area (Å²) in [6.07, 6.45) is -4.58. The maximum absolute atomic E-state index is 13.2. The Labute approximate surface area is 198 Å². The van der Waals surface area contributed by atoms with Gasteiger partial charge < -0.3 is 9.84 Å². The van der Waals surface area contributed by atoms with Crippen LogP contribution in [0.15, 0.2) is 60.7 Å². The molecule has 0 fully saturated rings. The Morgan fingerprint density at radius 1 is 1.00 bits per heavy atom. The molecule has 2 aromatic carbocycles. The number of hydrogen-bond donors (Lipinski definition) is 1. The number of carbonyl (C=O) groups is 1. The molecule has 0 saturated heterocycles. The van der Waals surface area contributed by atoms with Crippen LogP contribution in [0.3, 0.4) is 0 Å². The molecule has 0 amide bonds. The predicted molar refractivity (Wildman–Crippen MR) is 123 cm³/mol. The van der Waals surface area contributed by atoms with Gasteiger partial charge in [-0.3, -0.25) is 4.57 Å². The highest BCUT2D eigenvalue weighted by Crippen LogP contribution is 2.40. The number of alkyl halides is 3. The summed E-state index contributed by atoms with van der Waals surface area (Å²) in [4.78, 5) is 16.7. The Morgan fingerprint density at radius 3 is 2.26 bits per heavy atom. The fraction of sp³-hybridized carbons (Fsp3) is 0.200. The van der Waals surface area contributed by atoms with Crippen molar-refractivity contribution in [3.8, 4) is 17.2 Å². The largest absolute Gasteiger partial charge is 0.476 e. The fourth-order valence-electron chi connectivity index (χ4n) is 3.62. The van der Waals surface area contributed by atoms with E-state index in [1.54, 1.807) is 12.1 Å². The summed E-state index contributed by atoms with van der Waals surface area (Å²) in [6, 6.07) is 14.5. The molecule has 2 heterocycles. The van der Waals surface area contributed by atoms with E-state index in [1.807, 2.05) is 12.1 Å². The molecule has 0 atom stereocenters. The number of aromatic nitrogens is 2. The van der Waals surface area contributed by atoms with Gasteiger partial charge in [-0.25, -0.2) is 9.78 Å². The van der Waals surface area contributed by atoms with E-state index < -0.39 is 17.7 Å². The van der Waals surface area contributed by atoms with Crippen LogP contribution in [0.5, 0.6) is 11.5 Å². The molecule has 9 heteroatoms. The van der Waals surface area contributed by atoms with E-state index in [0.29, 0.717) is 11.1 Å². The molecule has 34 heavy (non-hydrogen) atoms. The Kier molecular flexibility index (Phi) is 5.81. The van der Waals surface area contributed by atoms with Gasteiger partial charge in [-0.2, -0.15) is 13.2 Å². The molecular weight excluding hydrogens is 469 g/mol. The van der Waals surface area contributed by atoms with Gasteiger partial charge in [0.05, 0.1) is 10.9 Å². The van der Waals surface area contributed by atoms with E-state index >= 15 is 0 Å². The van der Waals surface area contributed by atoms with Crippen molar-refractivity contribution in [2.24, 2.45) is 0 Å². The minimum Gasteiger partial charge on any atom is -0.476 e. The second kappa shape index (κ2) is 8.36. The standard InChI is InChI=1S/C25H20ClF3N2O3/c1-24(2,3)14-7-9-16(10-8-14)31-20(23(32)33)21(18-11-12-19(26)30-22(18)31)34-17-6-4-5-15(13-17)25(27,28)29/h4-13H,1-3H3,(H,32,33). The molecule has 1 N–H and O–H groups in total. The van der Waals surface area contributed by atoms with Crippen molar-refractivity contribution >= 4 is 28.6 Å². The van der Waals surface area contributed by atoms with Crippen molar-refractivity contribution in [1.29, 1.82) is 0 Å². The van der Waals surface area contributed by atoms with Crippen molar-refractivity contribution in [1.82, 2.24) is 9.55 Å². The number of halogens is 4. The van der Waals surface area contributed by atoms with Crippen LogP contribution in [0.4, 0.5) is 13.2 Å². The van der Waals surface area contributed by atoms with Crippen molar-refractivity contribution < 1.29 is 27.8 Å². The van der Waals surface area contributed by atoms with E-state index in [4.69, 9.17) is 16.3 Å². The number of pyridine rings is 1. The quantitative estimate of drug-likeness (QED) is 0.302. The van der Waals surface area contributed by atoms with E-state index in [9.17, 15) is 23.1 Å². The minimum atomic E-state index is -4.58. The third-order valence-electron chi connectivity index (χ3n) is 5.31. The number of nitrogens with zero attached hydrogens (tertiary/aromatic N) is 2. The summed E-state index contributed by atoms with van der Waals surface area (Å²) in [5.74, 6) is -1.63. The zero-order valence-corrected chi connectivity index (χ0v) is 19.2. The van der Waals surface area contributed by atoms with E-state index in [2.05, 4.69) is 25.8 Å². The number of aromatic carboxylic acids is 1. The molecule has 2 aromatic heterocycles. The monoisotopic (exact) mass is 488 g/mol. The highest BCUT2D eigenvalue weighted by molar-refractivity contribution is 6.29. The first-order valence-electron chi connectivity index (χ1n) is 10.3. The number of benzene rings is 2. The second-order valence-corrected chi connectivity index (χ2v) is 9.14. The van der Waals surface area contributed by atoms with Gasteiger partial charge in [0.25, 0.3) is 0 Å². The minimum absolute atomic E-state index is 0.119. The first-order valence-corrected chi connectivity index (χ1v) is 10.6. The van der Waals surface area contributed by atoms with Crippen LogP contribution >= 0.6 is 11.6 Å². The van der Waals surface area contributed by atoms with Crippen LogP contribution in [0.25, 0.3) is 16.7 Å². The number of carboxylic acids is 1. The van der Waals surface area contributed by atoms with Crippen molar-refractivity contribution in [3.05, 3.63) is 82.6 Å². The Bertz CT molecular complexity index is 1390. The summed E-state index contributed by atoms with van der Waals surface area (Å²) in [7, 11) is 0. The number of ether oxygens (including phenoxy) is 1. The summed E-state index contributed by atoms with van der Waals surface area (Å²) < 4.78 is 46.7. The lowest BCUT2D eigenvalue weighted by atomic mass is 9.87. The molecule has 0 unspecified atom stereocenters. The van der Waals surface area contributed by atoms with E-state index in [1.165, 1.54) is 28.8 Å². The fourth-order valence-corrected chi connectivity index (χ4v) is 3.76. The lowest BCUT2D eigenvalue weighted by Crippen LogP contribution is -2.12. The smallest absolute Gasteiger partial charge is 0.416 e. The summed E-state index contributed by atoms with van der Waals surface area (Å²) in [5.41, 5.74) is 0.414. The maximum atomic E-state index is 13.2. The molecular formula is C25H20ClF3N2O3. The Hall–Kier alpha value is -3.52. The number of carboxylic acid groups (broad SMARTS) is 1. The van der Waals surface area contributed by atoms with Gasteiger partial charge in [-0.05, 0) is 53.4 Å². The summed E-state index contributed by atoms with van der Waals surface area (Å²) >= 11 is 6.10. The zero-order chi connectivity index (χ0) is 24.8. The van der Waals surface area contributed by atoms with Gasteiger partial charge in [-0.15, -0.1) is 0 Å². The molecule has 0 aliphatic carbocycles. The Morgan fingerprint density at radius 2 is 1.68 bits per heavy atom. The third kappa shape index (κ3) is 4.46. The lowest BCUT2D eigenvalue weighted by molar-refractivity contribution is -0.137. The topological polar surface area (TPSA) is 64.4 Å². The van der Waals surface area contributed by atoms with Gasteiger partial charge in [0.1, 0.15) is 10.9 Å². The molecule has 176 valence electrons. The lowest BCUT2D eigenvalue weighted by Gasteiger charge is -2.19. The van der Waals surface area contributed by atoms with Crippen LogP contribution in [-0.4, -0.2) is 20.6 Å². The van der Waals surface area contributed by atoms with Crippen molar-refractivity contribution in [2.45, 2.75) is 32.4 Å². The van der Waals surface area contributed by atoms with Crippen LogP contribution in [0.1, 0.15) is 42.4 Å². The maximum Gasteiger partial charge on any atom is 0.416 e. The van der Waals surface area contributed by atoms with E-state index in [-0.39, 0.29) is 33.4 Å². The average Bonchev–Trinajstić information content (AvgIpc) is 3.06. The number of fused-ring (bicyclic) bond motifs is 1. The van der Waals surface area contributed by atoms with Crippen LogP contribution in [0, 0.1) is 0 Å². The van der Waals surface area contributed by atoms with Crippen LogP contribution < -0.4 is 4.74 Å². The summed E-state index contributed by atoms with van der Waals surface area (Å²) in [6.45, 7) is 6.16. The highest BCUT2D eigenvalue weighted by atomic mass is 35.5.